The van der Waals surface area contributed by atoms with E-state index >= 15 is 0 Å². The van der Waals surface area contributed by atoms with Crippen molar-refractivity contribution in [3.63, 3.8) is 0 Å². The molecule has 0 radical (unpaired) electrons. The van der Waals surface area contributed by atoms with E-state index in [1.54, 1.807) is 19.1 Å². The lowest BCUT2D eigenvalue weighted by atomic mass is 9.72. The summed E-state index contributed by atoms with van der Waals surface area (Å²) in [6.07, 6.45) is 5.51. The number of carboxylic acids is 1. The van der Waals surface area contributed by atoms with Crippen molar-refractivity contribution >= 4 is 11.8 Å². The molecule has 53 heavy (non-hydrogen) atoms. The lowest BCUT2D eigenvalue weighted by Gasteiger charge is -2.54. The minimum Gasteiger partial charge on any atom is -0.481 e. The zero-order chi connectivity index (χ0) is 39.3. The molecule has 0 saturated carbocycles. The summed E-state index contributed by atoms with van der Waals surface area (Å²) in [4.78, 5) is 26.4. The number of aliphatic carboxylic acids is 1. The van der Waals surface area contributed by atoms with Crippen LogP contribution in [0.1, 0.15) is 133 Å². The molecule has 0 aliphatic carbocycles. The molecular weight excluding hydrogens is 680 g/mol. The second-order valence-electron chi connectivity index (χ2n) is 17.9. The van der Waals surface area contributed by atoms with Crippen LogP contribution in [0.3, 0.4) is 0 Å². The molecule has 2 spiro atoms. The molecule has 11 nitrogen and oxygen atoms in total. The van der Waals surface area contributed by atoms with Crippen molar-refractivity contribution in [2.45, 2.75) is 199 Å². The van der Waals surface area contributed by atoms with Crippen LogP contribution in [-0.4, -0.2) is 97.7 Å². The second-order valence-corrected chi connectivity index (χ2v) is 17.9. The minimum absolute atomic E-state index is 0.0137. The molecule has 4 N–H and O–H groups in total. The van der Waals surface area contributed by atoms with Crippen molar-refractivity contribution in [2.75, 3.05) is 0 Å². The van der Waals surface area contributed by atoms with Gasteiger partial charge in [-0.05, 0) is 95.6 Å². The summed E-state index contributed by atoms with van der Waals surface area (Å²) in [5, 5.41) is 44.0. The average molecular weight is 751 g/mol. The summed E-state index contributed by atoms with van der Waals surface area (Å²) in [7, 11) is 0. The highest BCUT2D eigenvalue weighted by molar-refractivity contribution is 5.84. The highest BCUT2D eigenvalue weighted by Crippen LogP contribution is 2.54. The quantitative estimate of drug-likeness (QED) is 0.169. The van der Waals surface area contributed by atoms with E-state index in [1.165, 1.54) is 0 Å². The third-order valence-corrected chi connectivity index (χ3v) is 14.4. The van der Waals surface area contributed by atoms with Gasteiger partial charge in [-0.25, -0.2) is 0 Å². The number of Topliss-reactive ketones (excluding diaryl/α,β-unsaturated/α-hetero) is 1. The van der Waals surface area contributed by atoms with Crippen LogP contribution >= 0.6 is 0 Å². The first-order valence-corrected chi connectivity index (χ1v) is 20.7. The molecule has 0 aromatic carbocycles. The number of carboxylic acid groups (broad SMARTS) is 1. The SMILES string of the molecule is CC[C@H](C(=O)[C@H](C)[C@H](O)[C@@H](C)[C@H]1O[C@@H]([C@H](CC)C(=O)O)CC[C@@H]1C)[C@H]1O[C@]2(C=C[C@@H](O)[C@]3(CC[C@](C)([C@@H]4CC[C@](O)(CC)[C@H](C)O4)O3)O2)[C@H](C)C[C@@H]1C. The summed E-state index contributed by atoms with van der Waals surface area (Å²) in [5.74, 6) is -5.78. The summed E-state index contributed by atoms with van der Waals surface area (Å²) in [6, 6.07) is 0. The molecule has 0 aromatic rings. The molecular formula is C42H70O11. The van der Waals surface area contributed by atoms with Gasteiger partial charge in [0.25, 0.3) is 0 Å². The fourth-order valence-electron chi connectivity index (χ4n) is 10.5. The maximum atomic E-state index is 14.4. The zero-order valence-electron chi connectivity index (χ0n) is 34.0. The van der Waals surface area contributed by atoms with E-state index in [2.05, 4.69) is 20.8 Å². The number of ether oxygens (including phenoxy) is 5. The highest BCUT2D eigenvalue weighted by atomic mass is 16.8. The summed E-state index contributed by atoms with van der Waals surface area (Å²) < 4.78 is 33.5. The Morgan fingerprint density at radius 1 is 0.887 bits per heavy atom. The number of hydrogen-bond donors (Lipinski definition) is 4. The van der Waals surface area contributed by atoms with Gasteiger partial charge < -0.3 is 44.1 Å². The van der Waals surface area contributed by atoms with E-state index in [4.69, 9.17) is 23.7 Å². The molecule has 0 amide bonds. The number of aliphatic hydroxyl groups is 3. The molecule has 11 heteroatoms. The Balaban J connectivity index is 1.31. The minimum atomic E-state index is -1.37. The number of carbonyl (C=O) groups is 2. The van der Waals surface area contributed by atoms with Crippen LogP contribution in [0.2, 0.25) is 0 Å². The van der Waals surface area contributed by atoms with Gasteiger partial charge in [0.05, 0.1) is 53.7 Å². The Morgan fingerprint density at radius 3 is 2.17 bits per heavy atom. The van der Waals surface area contributed by atoms with Crippen LogP contribution in [0.4, 0.5) is 0 Å². The summed E-state index contributed by atoms with van der Waals surface area (Å²) >= 11 is 0. The first-order chi connectivity index (χ1) is 24.8. The standard InChI is InChI=1S/C42H70O11/c1-11-29(38(46)47)31-15-14-23(4)36(50-31)27(8)34(44)26(7)35(45)30(12-2)37-24(5)22-25(6)41(51-37)19-16-32(43)42(53-41)21-20-39(10,52-42)33-17-18-40(48,13-3)28(9)49-33/h16,19,23-34,36-37,43-44,48H,11-15,17-18,20-22H2,1-10H3,(H,46,47)/t23-,24-,25+,26+,27+,28-,29-,30+,31+,32+,33-,34-,36-,37-,39+,40+,41-,42-/m0/s1. The van der Waals surface area contributed by atoms with E-state index in [0.29, 0.717) is 57.8 Å². The monoisotopic (exact) mass is 750 g/mol. The van der Waals surface area contributed by atoms with Crippen molar-refractivity contribution in [3.05, 3.63) is 12.2 Å². The van der Waals surface area contributed by atoms with Gasteiger partial charge in [-0.2, -0.15) is 0 Å². The number of carbonyl (C=O) groups excluding carboxylic acids is 1. The molecule has 0 aromatic heterocycles. The van der Waals surface area contributed by atoms with Crippen LogP contribution in [0.15, 0.2) is 12.2 Å². The van der Waals surface area contributed by atoms with Gasteiger partial charge in [-0.3, -0.25) is 9.59 Å². The Bertz CT molecular complexity index is 1320. The van der Waals surface area contributed by atoms with Crippen LogP contribution in [0.5, 0.6) is 0 Å². The van der Waals surface area contributed by atoms with Gasteiger partial charge >= 0.3 is 5.97 Å². The highest BCUT2D eigenvalue weighted by Gasteiger charge is 2.63. The topological polar surface area (TPSA) is 161 Å². The first kappa shape index (κ1) is 42.7. The van der Waals surface area contributed by atoms with Gasteiger partial charge in [0.1, 0.15) is 11.9 Å². The first-order valence-electron chi connectivity index (χ1n) is 20.7. The van der Waals surface area contributed by atoms with Crippen molar-refractivity contribution in [1.82, 2.24) is 0 Å². The fourth-order valence-corrected chi connectivity index (χ4v) is 10.5. The molecule has 5 aliphatic heterocycles. The number of aliphatic hydroxyl groups excluding tert-OH is 2. The molecule has 304 valence electrons. The normalized spacial score (nSPS) is 46.2. The van der Waals surface area contributed by atoms with Crippen molar-refractivity contribution in [1.29, 1.82) is 0 Å². The number of ketones is 1. The molecule has 4 fully saturated rings. The van der Waals surface area contributed by atoms with Crippen LogP contribution in [0.25, 0.3) is 0 Å². The van der Waals surface area contributed by atoms with Gasteiger partial charge in [0, 0.05) is 30.1 Å². The van der Waals surface area contributed by atoms with E-state index in [0.717, 1.165) is 6.42 Å². The summed E-state index contributed by atoms with van der Waals surface area (Å²) in [6.45, 7) is 19.6. The Hall–Kier alpha value is -1.44. The van der Waals surface area contributed by atoms with Crippen LogP contribution < -0.4 is 0 Å². The molecule has 4 saturated heterocycles. The molecule has 18 atom stereocenters. The molecule has 5 aliphatic rings. The third-order valence-electron chi connectivity index (χ3n) is 14.4. The van der Waals surface area contributed by atoms with Crippen molar-refractivity contribution in [2.24, 2.45) is 41.4 Å². The second kappa shape index (κ2) is 16.2. The maximum absolute atomic E-state index is 14.4. The zero-order valence-corrected chi connectivity index (χ0v) is 34.0. The lowest BCUT2D eigenvalue weighted by molar-refractivity contribution is -0.409. The Labute approximate surface area is 317 Å². The molecule has 5 heterocycles. The van der Waals surface area contributed by atoms with E-state index in [1.807, 2.05) is 41.5 Å². The Kier molecular flexibility index (Phi) is 13.0. The van der Waals surface area contributed by atoms with Crippen molar-refractivity contribution in [3.8, 4) is 0 Å². The van der Waals surface area contributed by atoms with E-state index in [-0.39, 0.29) is 41.8 Å². The predicted octanol–water partition coefficient (Wildman–Crippen LogP) is 6.19. The lowest BCUT2D eigenvalue weighted by Crippen LogP contribution is -2.63. The van der Waals surface area contributed by atoms with E-state index in [9.17, 15) is 30.0 Å². The number of rotatable bonds is 12. The van der Waals surface area contributed by atoms with Gasteiger partial charge in [-0.1, -0.05) is 55.4 Å². The maximum Gasteiger partial charge on any atom is 0.309 e. The van der Waals surface area contributed by atoms with Crippen LogP contribution in [0, 0.1) is 41.4 Å². The van der Waals surface area contributed by atoms with Gasteiger partial charge in [0.2, 0.25) is 5.79 Å². The van der Waals surface area contributed by atoms with Crippen molar-refractivity contribution < 1.29 is 53.7 Å². The predicted molar refractivity (Wildman–Crippen MR) is 199 cm³/mol. The molecule has 5 rings (SSSR count). The Morgan fingerprint density at radius 2 is 1.57 bits per heavy atom. The average Bonchev–Trinajstić information content (AvgIpc) is 3.47. The van der Waals surface area contributed by atoms with Crippen LogP contribution in [-0.2, 0) is 33.3 Å². The number of hydrogen-bond acceptors (Lipinski definition) is 10. The fraction of sp³-hybridized carbons (Fsp3) is 0.905. The molecule has 0 bridgehead atoms. The molecule has 0 unspecified atom stereocenters. The van der Waals surface area contributed by atoms with Gasteiger partial charge in [0.15, 0.2) is 5.79 Å². The smallest absolute Gasteiger partial charge is 0.309 e. The summed E-state index contributed by atoms with van der Waals surface area (Å²) in [5.41, 5.74) is -1.63. The van der Waals surface area contributed by atoms with E-state index < -0.39 is 76.8 Å². The van der Waals surface area contributed by atoms with Gasteiger partial charge in [-0.15, -0.1) is 0 Å². The third kappa shape index (κ3) is 7.94. The largest absolute Gasteiger partial charge is 0.481 e.